The summed E-state index contributed by atoms with van der Waals surface area (Å²) in [6.45, 7) is 1.72. The normalized spacial score (nSPS) is 16.6. The van der Waals surface area contributed by atoms with Gasteiger partial charge in [0.05, 0.1) is 0 Å². The van der Waals surface area contributed by atoms with E-state index in [1.807, 2.05) is 42.5 Å². The van der Waals surface area contributed by atoms with Gasteiger partial charge in [0.15, 0.2) is 5.76 Å². The van der Waals surface area contributed by atoms with E-state index >= 15 is 0 Å². The number of nitrogens with zero attached hydrogens (tertiary/aromatic N) is 1. The van der Waals surface area contributed by atoms with Crippen molar-refractivity contribution in [3.8, 4) is 11.3 Å². The van der Waals surface area contributed by atoms with Gasteiger partial charge in [0.2, 0.25) is 0 Å². The Labute approximate surface area is 139 Å². The average molecular weight is 325 g/mol. The molecule has 0 saturated carbocycles. The van der Waals surface area contributed by atoms with E-state index in [4.69, 9.17) is 4.52 Å². The number of amides is 2. The standard InChI is InChI=1S/C18H19N3O3/c1-12-15(16(24-21-12)13-8-4-2-5-9-13)20-18(23)17(22)19-14-10-6-3-7-11-14/h2,4-6,8-10,14H,3,7,11H2,1H3,(H,19,22)(H,20,23). The molecular weight excluding hydrogens is 306 g/mol. The Hall–Kier alpha value is -2.89. The van der Waals surface area contributed by atoms with Crippen LogP contribution in [0.25, 0.3) is 11.3 Å². The van der Waals surface area contributed by atoms with Crippen molar-refractivity contribution in [2.75, 3.05) is 5.32 Å². The first kappa shape index (κ1) is 16.0. The third kappa shape index (κ3) is 3.53. The average Bonchev–Trinajstić information content (AvgIpc) is 2.97. The first-order valence-electron chi connectivity index (χ1n) is 7.95. The number of hydrogen-bond acceptors (Lipinski definition) is 4. The van der Waals surface area contributed by atoms with Crippen LogP contribution < -0.4 is 10.6 Å². The molecule has 0 aliphatic heterocycles. The molecule has 1 aromatic heterocycles. The summed E-state index contributed by atoms with van der Waals surface area (Å²) in [7, 11) is 0. The SMILES string of the molecule is Cc1noc(-c2ccccc2)c1NC(=O)C(=O)NC1C=CCCC1. The number of aryl methyl sites for hydroxylation is 1. The van der Waals surface area contributed by atoms with Crippen LogP contribution in [0.3, 0.4) is 0 Å². The molecule has 1 aliphatic carbocycles. The molecule has 0 saturated heterocycles. The van der Waals surface area contributed by atoms with Gasteiger partial charge < -0.3 is 15.2 Å². The fourth-order valence-electron chi connectivity index (χ4n) is 2.64. The smallest absolute Gasteiger partial charge is 0.313 e. The summed E-state index contributed by atoms with van der Waals surface area (Å²) in [4.78, 5) is 24.3. The predicted octanol–water partition coefficient (Wildman–Crippen LogP) is 2.81. The van der Waals surface area contributed by atoms with E-state index in [0.29, 0.717) is 17.1 Å². The highest BCUT2D eigenvalue weighted by atomic mass is 16.5. The summed E-state index contributed by atoms with van der Waals surface area (Å²) in [5.41, 5.74) is 1.72. The van der Waals surface area contributed by atoms with Gasteiger partial charge in [-0.15, -0.1) is 0 Å². The van der Waals surface area contributed by atoms with Gasteiger partial charge in [-0.05, 0) is 26.2 Å². The molecule has 2 aromatic rings. The predicted molar refractivity (Wildman–Crippen MR) is 90.2 cm³/mol. The van der Waals surface area contributed by atoms with Crippen LogP contribution in [0.5, 0.6) is 0 Å². The number of allylic oxidation sites excluding steroid dienone is 1. The molecule has 0 fully saturated rings. The van der Waals surface area contributed by atoms with Crippen LogP contribution in [0, 0.1) is 6.92 Å². The molecule has 0 radical (unpaired) electrons. The van der Waals surface area contributed by atoms with Gasteiger partial charge in [-0.25, -0.2) is 0 Å². The van der Waals surface area contributed by atoms with Crippen molar-refractivity contribution in [2.45, 2.75) is 32.2 Å². The van der Waals surface area contributed by atoms with Gasteiger partial charge in [-0.3, -0.25) is 9.59 Å². The Morgan fingerprint density at radius 2 is 2.00 bits per heavy atom. The third-order valence-corrected chi connectivity index (χ3v) is 3.91. The number of carbonyl (C=O) groups is 2. The molecule has 0 bridgehead atoms. The summed E-state index contributed by atoms with van der Waals surface area (Å²) in [6, 6.07) is 9.22. The minimum atomic E-state index is -0.725. The first-order chi connectivity index (χ1) is 11.6. The Balaban J connectivity index is 1.72. The summed E-state index contributed by atoms with van der Waals surface area (Å²) < 4.78 is 5.30. The maximum Gasteiger partial charge on any atom is 0.313 e. The second kappa shape index (κ2) is 7.12. The zero-order valence-corrected chi connectivity index (χ0v) is 13.4. The number of hydrogen-bond donors (Lipinski definition) is 2. The van der Waals surface area contributed by atoms with E-state index in [-0.39, 0.29) is 6.04 Å². The minimum absolute atomic E-state index is 0.0887. The van der Waals surface area contributed by atoms with Crippen molar-refractivity contribution in [1.29, 1.82) is 0 Å². The molecular formula is C18H19N3O3. The molecule has 6 heteroatoms. The van der Waals surface area contributed by atoms with Crippen LogP contribution in [0.2, 0.25) is 0 Å². The molecule has 1 aliphatic rings. The number of rotatable bonds is 3. The lowest BCUT2D eigenvalue weighted by atomic mass is 10.0. The van der Waals surface area contributed by atoms with Gasteiger partial charge >= 0.3 is 11.8 Å². The zero-order chi connectivity index (χ0) is 16.9. The molecule has 1 aromatic carbocycles. The fourth-order valence-corrected chi connectivity index (χ4v) is 2.64. The lowest BCUT2D eigenvalue weighted by Crippen LogP contribution is -2.41. The maximum atomic E-state index is 12.2. The highest BCUT2D eigenvalue weighted by molar-refractivity contribution is 6.40. The maximum absolute atomic E-state index is 12.2. The third-order valence-electron chi connectivity index (χ3n) is 3.91. The first-order valence-corrected chi connectivity index (χ1v) is 7.95. The Kier molecular flexibility index (Phi) is 4.74. The van der Waals surface area contributed by atoms with Crippen molar-refractivity contribution < 1.29 is 14.1 Å². The molecule has 2 N–H and O–H groups in total. The lowest BCUT2D eigenvalue weighted by Gasteiger charge is -2.17. The molecule has 6 nitrogen and oxygen atoms in total. The van der Waals surface area contributed by atoms with Crippen molar-refractivity contribution in [2.24, 2.45) is 0 Å². The molecule has 1 unspecified atom stereocenters. The van der Waals surface area contributed by atoms with E-state index < -0.39 is 11.8 Å². The minimum Gasteiger partial charge on any atom is -0.354 e. The monoisotopic (exact) mass is 325 g/mol. The Morgan fingerprint density at radius 1 is 1.21 bits per heavy atom. The molecule has 124 valence electrons. The zero-order valence-electron chi connectivity index (χ0n) is 13.4. The second-order valence-corrected chi connectivity index (χ2v) is 5.73. The van der Waals surface area contributed by atoms with Crippen molar-refractivity contribution in [3.05, 3.63) is 48.2 Å². The van der Waals surface area contributed by atoms with E-state index in [1.165, 1.54) is 0 Å². The molecule has 1 atom stereocenters. The van der Waals surface area contributed by atoms with E-state index in [9.17, 15) is 9.59 Å². The second-order valence-electron chi connectivity index (χ2n) is 5.73. The number of anilines is 1. The highest BCUT2D eigenvalue weighted by Crippen LogP contribution is 2.30. The van der Waals surface area contributed by atoms with Gasteiger partial charge in [-0.2, -0.15) is 0 Å². The lowest BCUT2D eigenvalue weighted by molar-refractivity contribution is -0.136. The van der Waals surface area contributed by atoms with E-state index in [1.54, 1.807) is 6.92 Å². The summed E-state index contributed by atoms with van der Waals surface area (Å²) in [6.07, 6.45) is 6.81. The largest absolute Gasteiger partial charge is 0.354 e. The van der Waals surface area contributed by atoms with Crippen LogP contribution in [-0.4, -0.2) is 23.0 Å². The van der Waals surface area contributed by atoms with Crippen LogP contribution in [-0.2, 0) is 9.59 Å². The summed E-state index contributed by atoms with van der Waals surface area (Å²) in [5, 5.41) is 9.22. The van der Waals surface area contributed by atoms with Crippen LogP contribution in [0.4, 0.5) is 5.69 Å². The fraction of sp³-hybridized carbons (Fsp3) is 0.278. The van der Waals surface area contributed by atoms with E-state index in [0.717, 1.165) is 24.8 Å². The Morgan fingerprint density at radius 3 is 2.71 bits per heavy atom. The molecule has 0 spiro atoms. The number of nitrogens with one attached hydrogen (secondary N) is 2. The number of benzene rings is 1. The van der Waals surface area contributed by atoms with Crippen molar-refractivity contribution in [3.63, 3.8) is 0 Å². The topological polar surface area (TPSA) is 84.2 Å². The summed E-state index contributed by atoms with van der Waals surface area (Å²) in [5.74, 6) is -0.949. The van der Waals surface area contributed by atoms with Crippen LogP contribution in [0.1, 0.15) is 25.0 Å². The van der Waals surface area contributed by atoms with Gasteiger partial charge in [0.1, 0.15) is 11.4 Å². The summed E-state index contributed by atoms with van der Waals surface area (Å²) >= 11 is 0. The van der Waals surface area contributed by atoms with Gasteiger partial charge in [0, 0.05) is 11.6 Å². The van der Waals surface area contributed by atoms with Crippen molar-refractivity contribution in [1.82, 2.24) is 10.5 Å². The Bertz CT molecular complexity index is 765. The molecule has 24 heavy (non-hydrogen) atoms. The number of aromatic nitrogens is 1. The van der Waals surface area contributed by atoms with Crippen molar-refractivity contribution >= 4 is 17.5 Å². The number of carbonyl (C=O) groups excluding carboxylic acids is 2. The van der Waals surface area contributed by atoms with Crippen LogP contribution in [0.15, 0.2) is 47.0 Å². The molecule has 3 rings (SSSR count). The van der Waals surface area contributed by atoms with Gasteiger partial charge in [0.25, 0.3) is 0 Å². The molecule has 1 heterocycles. The molecule has 2 amide bonds. The highest BCUT2D eigenvalue weighted by Gasteiger charge is 2.22. The van der Waals surface area contributed by atoms with Gasteiger partial charge in [-0.1, -0.05) is 47.6 Å². The van der Waals surface area contributed by atoms with Crippen LogP contribution >= 0.6 is 0 Å². The quantitative estimate of drug-likeness (QED) is 0.671. The van der Waals surface area contributed by atoms with E-state index in [2.05, 4.69) is 15.8 Å².